The maximum absolute atomic E-state index is 13.4. The van der Waals surface area contributed by atoms with Gasteiger partial charge in [-0.05, 0) is 51.8 Å². The summed E-state index contributed by atoms with van der Waals surface area (Å²) in [6.07, 6.45) is 0.726. The standard InChI is InChI=1S/C17H22ClFN2O3/c1-17(2,3)24-16(23)21-8-6-11(7-9-21)15(22)20-12-4-5-13(18)14(19)10-12/h4-5,10-11H,6-9H2,1-3H3,(H,20,22). The molecule has 0 bridgehead atoms. The van der Waals surface area contributed by atoms with Gasteiger partial charge in [-0.1, -0.05) is 11.6 Å². The Morgan fingerprint density at radius 1 is 1.29 bits per heavy atom. The molecule has 1 aliphatic heterocycles. The fraction of sp³-hybridized carbons (Fsp3) is 0.529. The highest BCUT2D eigenvalue weighted by Gasteiger charge is 2.29. The number of benzene rings is 1. The number of amides is 2. The number of nitrogens with one attached hydrogen (secondary N) is 1. The second kappa shape index (κ2) is 7.38. The van der Waals surface area contributed by atoms with Gasteiger partial charge in [-0.15, -0.1) is 0 Å². The Labute approximate surface area is 146 Å². The maximum Gasteiger partial charge on any atom is 0.410 e. The predicted molar refractivity (Wildman–Crippen MR) is 90.6 cm³/mol. The van der Waals surface area contributed by atoms with Gasteiger partial charge in [0.15, 0.2) is 0 Å². The number of halogens is 2. The van der Waals surface area contributed by atoms with Crippen LogP contribution in [0.15, 0.2) is 18.2 Å². The minimum absolute atomic E-state index is 0.0127. The van der Waals surface area contributed by atoms with Crippen molar-refractivity contribution < 1.29 is 18.7 Å². The molecule has 5 nitrogen and oxygen atoms in total. The van der Waals surface area contributed by atoms with Gasteiger partial charge < -0.3 is 15.0 Å². The van der Waals surface area contributed by atoms with Crippen LogP contribution < -0.4 is 5.32 Å². The molecule has 132 valence electrons. The van der Waals surface area contributed by atoms with Crippen LogP contribution in [0.4, 0.5) is 14.9 Å². The molecule has 2 amide bonds. The third-order valence-electron chi connectivity index (χ3n) is 3.70. The van der Waals surface area contributed by atoms with Crippen molar-refractivity contribution in [1.82, 2.24) is 4.90 Å². The number of likely N-dealkylation sites (tertiary alicyclic amines) is 1. The van der Waals surface area contributed by atoms with Gasteiger partial charge in [-0.3, -0.25) is 4.79 Å². The highest BCUT2D eigenvalue weighted by Crippen LogP contribution is 2.23. The van der Waals surface area contributed by atoms with E-state index in [1.54, 1.807) is 11.0 Å². The quantitative estimate of drug-likeness (QED) is 0.869. The normalized spacial score (nSPS) is 16.0. The molecule has 0 spiro atoms. The molecule has 0 radical (unpaired) electrons. The third-order valence-corrected chi connectivity index (χ3v) is 4.01. The lowest BCUT2D eigenvalue weighted by Crippen LogP contribution is -2.43. The Morgan fingerprint density at radius 3 is 2.46 bits per heavy atom. The van der Waals surface area contributed by atoms with E-state index in [-0.39, 0.29) is 22.9 Å². The molecule has 0 unspecified atom stereocenters. The molecule has 0 saturated carbocycles. The summed E-state index contributed by atoms with van der Waals surface area (Å²) in [5, 5.41) is 2.70. The first-order valence-electron chi connectivity index (χ1n) is 7.89. The minimum atomic E-state index is -0.575. The van der Waals surface area contributed by atoms with E-state index in [9.17, 15) is 14.0 Å². The molecule has 1 aromatic rings. The molecule has 1 saturated heterocycles. The van der Waals surface area contributed by atoms with E-state index in [1.165, 1.54) is 12.1 Å². The van der Waals surface area contributed by atoms with Gasteiger partial charge in [-0.25, -0.2) is 9.18 Å². The van der Waals surface area contributed by atoms with Crippen molar-refractivity contribution in [1.29, 1.82) is 0 Å². The van der Waals surface area contributed by atoms with Crippen LogP contribution in [0.5, 0.6) is 0 Å². The number of hydrogen-bond acceptors (Lipinski definition) is 3. The Bertz CT molecular complexity index is 623. The maximum atomic E-state index is 13.4. The summed E-state index contributed by atoms with van der Waals surface area (Å²) in [4.78, 5) is 25.9. The van der Waals surface area contributed by atoms with E-state index in [1.807, 2.05) is 20.8 Å². The van der Waals surface area contributed by atoms with Crippen LogP contribution >= 0.6 is 11.6 Å². The molecule has 1 heterocycles. The number of carbonyl (C=O) groups excluding carboxylic acids is 2. The van der Waals surface area contributed by atoms with Crippen LogP contribution in [0.25, 0.3) is 0 Å². The van der Waals surface area contributed by atoms with Gasteiger partial charge in [0.1, 0.15) is 11.4 Å². The highest BCUT2D eigenvalue weighted by molar-refractivity contribution is 6.30. The van der Waals surface area contributed by atoms with Gasteiger partial charge in [0, 0.05) is 24.7 Å². The Morgan fingerprint density at radius 2 is 1.92 bits per heavy atom. The zero-order valence-corrected chi connectivity index (χ0v) is 14.8. The first-order chi connectivity index (χ1) is 11.2. The average Bonchev–Trinajstić information content (AvgIpc) is 2.49. The SMILES string of the molecule is CC(C)(C)OC(=O)N1CCC(C(=O)Nc2ccc(Cl)c(F)c2)CC1. The molecular weight excluding hydrogens is 335 g/mol. The largest absolute Gasteiger partial charge is 0.444 e. The first kappa shape index (κ1) is 18.5. The molecule has 1 fully saturated rings. The number of anilines is 1. The number of rotatable bonds is 2. The summed E-state index contributed by atoms with van der Waals surface area (Å²) in [7, 11) is 0. The van der Waals surface area contributed by atoms with Crippen LogP contribution in [0.1, 0.15) is 33.6 Å². The van der Waals surface area contributed by atoms with Crippen LogP contribution in [0, 0.1) is 11.7 Å². The summed E-state index contributed by atoms with van der Waals surface area (Å²) in [5.41, 5.74) is -0.166. The number of piperidine rings is 1. The molecule has 0 aliphatic carbocycles. The fourth-order valence-electron chi connectivity index (χ4n) is 2.47. The summed E-state index contributed by atoms with van der Waals surface area (Å²) < 4.78 is 18.7. The Balaban J connectivity index is 1.86. The average molecular weight is 357 g/mol. The van der Waals surface area contributed by atoms with Crippen molar-refractivity contribution in [2.45, 2.75) is 39.2 Å². The van der Waals surface area contributed by atoms with Gasteiger partial charge >= 0.3 is 6.09 Å². The van der Waals surface area contributed by atoms with Crippen molar-refractivity contribution in [3.05, 3.63) is 29.0 Å². The number of nitrogens with zero attached hydrogens (tertiary/aromatic N) is 1. The van der Waals surface area contributed by atoms with Crippen LogP contribution in [0.2, 0.25) is 5.02 Å². The fourth-order valence-corrected chi connectivity index (χ4v) is 2.59. The predicted octanol–water partition coefficient (Wildman–Crippen LogP) is 4.06. The van der Waals surface area contributed by atoms with E-state index >= 15 is 0 Å². The van der Waals surface area contributed by atoms with Crippen molar-refractivity contribution >= 4 is 29.3 Å². The molecular formula is C17H22ClFN2O3. The summed E-state index contributed by atoms with van der Waals surface area (Å²) in [5.74, 6) is -0.975. The van der Waals surface area contributed by atoms with Gasteiger partial charge in [0.05, 0.1) is 5.02 Å². The lowest BCUT2D eigenvalue weighted by molar-refractivity contribution is -0.121. The minimum Gasteiger partial charge on any atom is -0.444 e. The summed E-state index contributed by atoms with van der Waals surface area (Å²) in [6, 6.07) is 4.15. The van der Waals surface area contributed by atoms with Crippen LogP contribution in [-0.4, -0.2) is 35.6 Å². The van der Waals surface area contributed by atoms with E-state index in [0.29, 0.717) is 31.6 Å². The lowest BCUT2D eigenvalue weighted by Gasteiger charge is -2.32. The van der Waals surface area contributed by atoms with E-state index in [4.69, 9.17) is 16.3 Å². The van der Waals surface area contributed by atoms with Gasteiger partial charge in [0.25, 0.3) is 0 Å². The second-order valence-electron chi connectivity index (χ2n) is 6.86. The zero-order chi connectivity index (χ0) is 17.9. The smallest absolute Gasteiger partial charge is 0.410 e. The topological polar surface area (TPSA) is 58.6 Å². The lowest BCUT2D eigenvalue weighted by atomic mass is 9.96. The highest BCUT2D eigenvalue weighted by atomic mass is 35.5. The molecule has 1 N–H and O–H groups in total. The number of hydrogen-bond donors (Lipinski definition) is 1. The molecule has 1 aromatic carbocycles. The molecule has 24 heavy (non-hydrogen) atoms. The van der Waals surface area contributed by atoms with E-state index in [2.05, 4.69) is 5.32 Å². The van der Waals surface area contributed by atoms with Crippen molar-refractivity contribution in [2.75, 3.05) is 18.4 Å². The molecule has 0 aromatic heterocycles. The van der Waals surface area contributed by atoms with E-state index < -0.39 is 11.4 Å². The summed E-state index contributed by atoms with van der Waals surface area (Å²) in [6.45, 7) is 6.37. The van der Waals surface area contributed by atoms with Gasteiger partial charge in [-0.2, -0.15) is 0 Å². The molecule has 2 rings (SSSR count). The number of ether oxygens (including phenoxy) is 1. The Hall–Kier alpha value is -1.82. The van der Waals surface area contributed by atoms with Crippen molar-refractivity contribution in [2.24, 2.45) is 5.92 Å². The monoisotopic (exact) mass is 356 g/mol. The second-order valence-corrected chi connectivity index (χ2v) is 7.27. The van der Waals surface area contributed by atoms with Crippen LogP contribution in [-0.2, 0) is 9.53 Å². The molecule has 1 aliphatic rings. The molecule has 7 heteroatoms. The Kier molecular flexibility index (Phi) is 5.70. The summed E-state index contributed by atoms with van der Waals surface area (Å²) >= 11 is 5.62. The van der Waals surface area contributed by atoms with E-state index in [0.717, 1.165) is 0 Å². The van der Waals surface area contributed by atoms with Gasteiger partial charge in [0.2, 0.25) is 5.91 Å². The third kappa shape index (κ3) is 5.09. The van der Waals surface area contributed by atoms with Crippen LogP contribution in [0.3, 0.4) is 0 Å². The molecule has 0 atom stereocenters. The van der Waals surface area contributed by atoms with Crippen molar-refractivity contribution in [3.63, 3.8) is 0 Å². The first-order valence-corrected chi connectivity index (χ1v) is 8.27. The number of carbonyl (C=O) groups is 2. The van der Waals surface area contributed by atoms with Crippen molar-refractivity contribution in [3.8, 4) is 0 Å². The zero-order valence-electron chi connectivity index (χ0n) is 14.1.